The van der Waals surface area contributed by atoms with Crippen LogP contribution in [0.3, 0.4) is 0 Å². The predicted molar refractivity (Wildman–Crippen MR) is 116 cm³/mol. The summed E-state index contributed by atoms with van der Waals surface area (Å²) in [6, 6.07) is 2.03. The second kappa shape index (κ2) is 11.5. The minimum atomic E-state index is -0.454. The molecule has 0 saturated carbocycles. The van der Waals surface area contributed by atoms with Gasteiger partial charge in [0.25, 0.3) is 0 Å². The monoisotopic (exact) mass is 398 g/mol. The van der Waals surface area contributed by atoms with Gasteiger partial charge >= 0.3 is 5.97 Å². The van der Waals surface area contributed by atoms with E-state index in [1.54, 1.807) is 13.2 Å². The Bertz CT molecular complexity index is 778. The number of ether oxygens (including phenoxy) is 1. The minimum absolute atomic E-state index is 0.0231. The third-order valence-corrected chi connectivity index (χ3v) is 5.29. The van der Waals surface area contributed by atoms with Crippen LogP contribution in [0.1, 0.15) is 65.4 Å². The zero-order chi connectivity index (χ0) is 21.2. The molecule has 4 heteroatoms. The van der Waals surface area contributed by atoms with E-state index in [1.807, 2.05) is 18.4 Å². The SMILES string of the molecule is CC1=C(O)/C(=C\C(C)CCCC(C)/C=C/C=C(\C)CCCc2ccoc2)OC1=O. The summed E-state index contributed by atoms with van der Waals surface area (Å²) >= 11 is 0. The highest BCUT2D eigenvalue weighted by molar-refractivity contribution is 5.93. The quantitative estimate of drug-likeness (QED) is 0.328. The van der Waals surface area contributed by atoms with Crippen molar-refractivity contribution in [1.82, 2.24) is 0 Å². The van der Waals surface area contributed by atoms with Gasteiger partial charge < -0.3 is 14.3 Å². The first-order chi connectivity index (χ1) is 13.9. The van der Waals surface area contributed by atoms with E-state index in [4.69, 9.17) is 9.15 Å². The first-order valence-electron chi connectivity index (χ1n) is 10.6. The lowest BCUT2D eigenvalue weighted by molar-refractivity contribution is -0.133. The van der Waals surface area contributed by atoms with Gasteiger partial charge in [-0.3, -0.25) is 0 Å². The summed E-state index contributed by atoms with van der Waals surface area (Å²) in [6.07, 6.45) is 18.5. The molecule has 4 nitrogen and oxygen atoms in total. The largest absolute Gasteiger partial charge is 0.504 e. The Balaban J connectivity index is 1.64. The molecule has 0 amide bonds. The molecule has 2 heterocycles. The lowest BCUT2D eigenvalue weighted by Gasteiger charge is -2.10. The lowest BCUT2D eigenvalue weighted by Crippen LogP contribution is -1.98. The Hall–Kier alpha value is -2.49. The molecule has 0 saturated heterocycles. The molecule has 1 N–H and O–H groups in total. The second-order valence-corrected chi connectivity index (χ2v) is 8.16. The third-order valence-electron chi connectivity index (χ3n) is 5.29. The number of hydrogen-bond acceptors (Lipinski definition) is 4. The fourth-order valence-electron chi connectivity index (χ4n) is 3.32. The van der Waals surface area contributed by atoms with E-state index in [0.717, 1.165) is 38.5 Å². The maximum absolute atomic E-state index is 11.4. The molecule has 1 aliphatic heterocycles. The van der Waals surface area contributed by atoms with Gasteiger partial charge in [0.2, 0.25) is 0 Å². The molecule has 1 aromatic heterocycles. The zero-order valence-corrected chi connectivity index (χ0v) is 18.1. The van der Waals surface area contributed by atoms with Crippen molar-refractivity contribution in [1.29, 1.82) is 0 Å². The summed E-state index contributed by atoms with van der Waals surface area (Å²) in [5.41, 5.74) is 2.94. The van der Waals surface area contributed by atoms with Crippen LogP contribution in [0.25, 0.3) is 0 Å². The summed E-state index contributed by atoms with van der Waals surface area (Å²) in [5, 5.41) is 9.88. The summed E-state index contributed by atoms with van der Waals surface area (Å²) in [5.74, 6) is 0.597. The van der Waals surface area contributed by atoms with Crippen molar-refractivity contribution in [2.75, 3.05) is 0 Å². The van der Waals surface area contributed by atoms with Gasteiger partial charge in [-0.1, -0.05) is 44.1 Å². The number of furan rings is 1. The molecule has 29 heavy (non-hydrogen) atoms. The Morgan fingerprint density at radius 2 is 1.97 bits per heavy atom. The molecule has 0 aliphatic carbocycles. The second-order valence-electron chi connectivity index (χ2n) is 8.16. The van der Waals surface area contributed by atoms with Gasteiger partial charge in [0.1, 0.15) is 0 Å². The van der Waals surface area contributed by atoms with Gasteiger partial charge in [0, 0.05) is 0 Å². The topological polar surface area (TPSA) is 59.7 Å². The molecule has 2 unspecified atom stereocenters. The van der Waals surface area contributed by atoms with Crippen molar-refractivity contribution in [3.8, 4) is 0 Å². The van der Waals surface area contributed by atoms with Crippen LogP contribution in [0.2, 0.25) is 0 Å². The van der Waals surface area contributed by atoms with Crippen LogP contribution >= 0.6 is 0 Å². The summed E-state index contributed by atoms with van der Waals surface area (Å²) in [4.78, 5) is 11.4. The van der Waals surface area contributed by atoms with Crippen LogP contribution in [0.15, 0.2) is 70.0 Å². The number of hydrogen-bond donors (Lipinski definition) is 1. The normalized spacial score (nSPS) is 18.7. The Labute approximate surface area is 174 Å². The van der Waals surface area contributed by atoms with Crippen LogP contribution in [0, 0.1) is 11.8 Å². The number of rotatable bonds is 11. The average Bonchev–Trinajstić information content (AvgIpc) is 3.27. The highest BCUT2D eigenvalue weighted by Crippen LogP contribution is 2.26. The fourth-order valence-corrected chi connectivity index (χ4v) is 3.32. The number of cyclic esters (lactones) is 1. The van der Waals surface area contributed by atoms with Gasteiger partial charge in [0.15, 0.2) is 11.5 Å². The highest BCUT2D eigenvalue weighted by Gasteiger charge is 2.26. The molecule has 0 aromatic carbocycles. The number of carbonyl (C=O) groups excluding carboxylic acids is 1. The van der Waals surface area contributed by atoms with Crippen molar-refractivity contribution in [3.05, 3.63) is 71.1 Å². The standard InChI is InChI=1S/C25H34O4/c1-18(8-5-9-19(2)11-7-13-22-14-15-28-17-22)10-6-12-20(3)16-23-24(26)21(4)25(27)29-23/h5,8-9,14-18,20,26H,6-7,10-13H2,1-4H3/b8-5+,19-9+,23-16+. The van der Waals surface area contributed by atoms with E-state index >= 15 is 0 Å². The lowest BCUT2D eigenvalue weighted by atomic mass is 9.97. The molecule has 1 aromatic rings. The van der Waals surface area contributed by atoms with Gasteiger partial charge in [-0.25, -0.2) is 4.79 Å². The number of aliphatic hydroxyl groups excluding tert-OH is 1. The van der Waals surface area contributed by atoms with E-state index in [9.17, 15) is 9.90 Å². The number of allylic oxidation sites excluding steroid dienone is 5. The van der Waals surface area contributed by atoms with E-state index in [2.05, 4.69) is 39.0 Å². The number of aliphatic hydroxyl groups is 1. The van der Waals surface area contributed by atoms with Crippen LogP contribution in [-0.4, -0.2) is 11.1 Å². The molecule has 0 fully saturated rings. The van der Waals surface area contributed by atoms with E-state index in [0.29, 0.717) is 11.7 Å². The first-order valence-corrected chi connectivity index (χ1v) is 10.6. The van der Waals surface area contributed by atoms with Gasteiger partial charge in [0.05, 0.1) is 18.1 Å². The molecule has 158 valence electrons. The van der Waals surface area contributed by atoms with Crippen LogP contribution in [-0.2, 0) is 16.0 Å². The minimum Gasteiger partial charge on any atom is -0.504 e. The van der Waals surface area contributed by atoms with Crippen molar-refractivity contribution in [2.45, 2.75) is 66.2 Å². The first kappa shape index (κ1) is 22.8. The number of esters is 1. The molecule has 0 bridgehead atoms. The van der Waals surface area contributed by atoms with Gasteiger partial charge in [-0.05, 0) is 75.5 Å². The molecule has 1 aliphatic rings. The molecule has 0 spiro atoms. The predicted octanol–water partition coefficient (Wildman–Crippen LogP) is 6.82. The van der Waals surface area contributed by atoms with E-state index in [1.165, 1.54) is 11.1 Å². The number of aryl methyl sites for hydroxylation is 1. The summed E-state index contributed by atoms with van der Waals surface area (Å²) < 4.78 is 10.2. The van der Waals surface area contributed by atoms with Crippen molar-refractivity contribution in [2.24, 2.45) is 11.8 Å². The van der Waals surface area contributed by atoms with Crippen molar-refractivity contribution in [3.63, 3.8) is 0 Å². The Kier molecular flexibility index (Phi) is 9.04. The average molecular weight is 399 g/mol. The molecule has 0 radical (unpaired) electrons. The third kappa shape index (κ3) is 7.80. The Morgan fingerprint density at radius 1 is 1.21 bits per heavy atom. The maximum atomic E-state index is 11.4. The van der Waals surface area contributed by atoms with Crippen LogP contribution < -0.4 is 0 Å². The Morgan fingerprint density at radius 3 is 2.62 bits per heavy atom. The summed E-state index contributed by atoms with van der Waals surface area (Å²) in [7, 11) is 0. The molecular weight excluding hydrogens is 364 g/mol. The smallest absolute Gasteiger partial charge is 0.343 e. The van der Waals surface area contributed by atoms with Crippen LogP contribution in [0.5, 0.6) is 0 Å². The molecular formula is C25H34O4. The fraction of sp³-hybridized carbons (Fsp3) is 0.480. The number of carbonyl (C=O) groups is 1. The highest BCUT2D eigenvalue weighted by atomic mass is 16.6. The molecule has 2 rings (SSSR count). The summed E-state index contributed by atoms with van der Waals surface area (Å²) in [6.45, 7) is 8.07. The van der Waals surface area contributed by atoms with Crippen LogP contribution in [0.4, 0.5) is 0 Å². The van der Waals surface area contributed by atoms with Gasteiger partial charge in [-0.15, -0.1) is 0 Å². The maximum Gasteiger partial charge on any atom is 0.343 e. The van der Waals surface area contributed by atoms with E-state index < -0.39 is 5.97 Å². The van der Waals surface area contributed by atoms with Crippen molar-refractivity contribution >= 4 is 5.97 Å². The van der Waals surface area contributed by atoms with Crippen molar-refractivity contribution < 1.29 is 19.1 Å². The van der Waals surface area contributed by atoms with E-state index in [-0.39, 0.29) is 17.3 Å². The molecule has 2 atom stereocenters. The van der Waals surface area contributed by atoms with Gasteiger partial charge in [-0.2, -0.15) is 0 Å². The zero-order valence-electron chi connectivity index (χ0n) is 18.1.